The topological polar surface area (TPSA) is 0 Å². The van der Waals surface area contributed by atoms with Gasteiger partial charge in [-0.15, -0.1) is 0 Å². The Balaban J connectivity index is 1.21. The summed E-state index contributed by atoms with van der Waals surface area (Å²) in [6.07, 6.45) is 2.23. The van der Waals surface area contributed by atoms with Crippen LogP contribution in [0.3, 0.4) is 0 Å². The van der Waals surface area contributed by atoms with Crippen molar-refractivity contribution in [2.45, 2.75) is 51.4 Å². The second kappa shape index (κ2) is 9.04. The molecule has 8 rings (SSSR count). The fraction of sp³-hybridized carbons (Fsp3) is 0.190. The Kier molecular flexibility index (Phi) is 5.44. The van der Waals surface area contributed by atoms with Crippen LogP contribution in [0.5, 0.6) is 0 Å². The first kappa shape index (κ1) is 25.3. The third-order valence-electron chi connectivity index (χ3n) is 10.6. The molecule has 6 aromatic carbocycles. The Labute approximate surface area is 249 Å². The van der Waals surface area contributed by atoms with Gasteiger partial charge in [0.1, 0.15) is 0 Å². The summed E-state index contributed by atoms with van der Waals surface area (Å²) in [7, 11) is 0. The summed E-state index contributed by atoms with van der Waals surface area (Å²) in [5.41, 5.74) is 16.6. The molecular formula is C42H36. The van der Waals surface area contributed by atoms with E-state index in [1.54, 1.807) is 0 Å². The van der Waals surface area contributed by atoms with Gasteiger partial charge in [0.15, 0.2) is 0 Å². The Morgan fingerprint density at radius 2 is 0.857 bits per heavy atom. The summed E-state index contributed by atoms with van der Waals surface area (Å²) in [5, 5.41) is 2.57. The van der Waals surface area contributed by atoms with Gasteiger partial charge in [0, 0.05) is 10.8 Å². The molecule has 0 aliphatic heterocycles. The highest BCUT2D eigenvalue weighted by molar-refractivity contribution is 5.90. The van der Waals surface area contributed by atoms with Crippen molar-refractivity contribution >= 4 is 10.8 Å². The zero-order valence-corrected chi connectivity index (χ0v) is 25.0. The standard InChI is InChI=1S/C42H36/c1-5-42(6-2)37-14-10-9-13-33(37)36-22-19-32(26-40(36)42)31-18-21-35-34-20-17-30(24-38(34)41(3,4)39(35)25-31)29-16-15-27-11-7-8-12-28(27)23-29/h7-26H,5-6H2,1-4H3. The lowest BCUT2D eigenvalue weighted by Crippen LogP contribution is -2.23. The molecule has 2 aliphatic rings. The first-order valence-corrected chi connectivity index (χ1v) is 15.5. The van der Waals surface area contributed by atoms with Crippen LogP contribution in [-0.2, 0) is 10.8 Å². The molecule has 42 heavy (non-hydrogen) atoms. The smallest absolute Gasteiger partial charge is 0.0210 e. The van der Waals surface area contributed by atoms with Crippen LogP contribution >= 0.6 is 0 Å². The predicted octanol–water partition coefficient (Wildman–Crippen LogP) is 11.6. The Morgan fingerprint density at radius 1 is 0.405 bits per heavy atom. The van der Waals surface area contributed by atoms with E-state index in [9.17, 15) is 0 Å². The van der Waals surface area contributed by atoms with E-state index in [-0.39, 0.29) is 10.8 Å². The van der Waals surface area contributed by atoms with Gasteiger partial charge in [0.2, 0.25) is 0 Å². The molecular weight excluding hydrogens is 504 g/mol. The van der Waals surface area contributed by atoms with Crippen molar-refractivity contribution in [3.8, 4) is 44.5 Å². The molecule has 0 spiro atoms. The quantitative estimate of drug-likeness (QED) is 0.209. The van der Waals surface area contributed by atoms with Gasteiger partial charge in [-0.1, -0.05) is 125 Å². The zero-order chi connectivity index (χ0) is 28.6. The number of fused-ring (bicyclic) bond motifs is 7. The van der Waals surface area contributed by atoms with Gasteiger partial charge < -0.3 is 0 Å². The van der Waals surface area contributed by atoms with Crippen LogP contribution in [0.15, 0.2) is 121 Å². The number of hydrogen-bond donors (Lipinski definition) is 0. The molecule has 0 nitrogen and oxygen atoms in total. The minimum Gasteiger partial charge on any atom is -0.0642 e. The minimum absolute atomic E-state index is 0.0723. The van der Waals surface area contributed by atoms with Crippen molar-refractivity contribution in [1.82, 2.24) is 0 Å². The number of benzene rings is 6. The van der Waals surface area contributed by atoms with Crippen LogP contribution in [0.25, 0.3) is 55.3 Å². The highest BCUT2D eigenvalue weighted by Gasteiger charge is 2.40. The third-order valence-corrected chi connectivity index (χ3v) is 10.6. The van der Waals surface area contributed by atoms with Crippen LogP contribution in [0, 0.1) is 0 Å². The largest absolute Gasteiger partial charge is 0.0642 e. The zero-order valence-electron chi connectivity index (χ0n) is 25.0. The van der Waals surface area contributed by atoms with Crippen molar-refractivity contribution in [2.75, 3.05) is 0 Å². The predicted molar refractivity (Wildman–Crippen MR) is 179 cm³/mol. The van der Waals surface area contributed by atoms with Gasteiger partial charge >= 0.3 is 0 Å². The summed E-state index contributed by atoms with van der Waals surface area (Å²) >= 11 is 0. The van der Waals surface area contributed by atoms with Crippen LogP contribution < -0.4 is 0 Å². The van der Waals surface area contributed by atoms with Crippen LogP contribution in [0.2, 0.25) is 0 Å². The monoisotopic (exact) mass is 540 g/mol. The van der Waals surface area contributed by atoms with E-state index in [2.05, 4.69) is 149 Å². The van der Waals surface area contributed by atoms with Gasteiger partial charge in [-0.05, 0) is 115 Å². The average molecular weight is 541 g/mol. The first-order valence-electron chi connectivity index (χ1n) is 15.5. The summed E-state index contributed by atoms with van der Waals surface area (Å²) in [4.78, 5) is 0. The number of rotatable bonds is 4. The van der Waals surface area contributed by atoms with E-state index in [0.29, 0.717) is 0 Å². The molecule has 0 saturated heterocycles. The Hall–Kier alpha value is -4.42. The summed E-state index contributed by atoms with van der Waals surface area (Å²) in [6.45, 7) is 9.49. The average Bonchev–Trinajstić information content (AvgIpc) is 3.45. The highest BCUT2D eigenvalue weighted by atomic mass is 14.4. The lowest BCUT2D eigenvalue weighted by atomic mass is 9.73. The molecule has 0 aromatic heterocycles. The molecule has 2 aliphatic carbocycles. The van der Waals surface area contributed by atoms with Crippen LogP contribution in [0.4, 0.5) is 0 Å². The molecule has 0 unspecified atom stereocenters. The van der Waals surface area contributed by atoms with E-state index >= 15 is 0 Å². The molecule has 6 aromatic rings. The van der Waals surface area contributed by atoms with E-state index < -0.39 is 0 Å². The van der Waals surface area contributed by atoms with Crippen LogP contribution in [0.1, 0.15) is 62.8 Å². The second-order valence-electron chi connectivity index (χ2n) is 12.8. The van der Waals surface area contributed by atoms with Crippen molar-refractivity contribution < 1.29 is 0 Å². The normalized spacial score (nSPS) is 15.2. The Morgan fingerprint density at radius 3 is 1.48 bits per heavy atom. The minimum atomic E-state index is -0.0723. The van der Waals surface area contributed by atoms with E-state index in [1.165, 1.54) is 77.5 Å². The fourth-order valence-corrected chi connectivity index (χ4v) is 8.11. The molecule has 0 heteroatoms. The van der Waals surface area contributed by atoms with Gasteiger partial charge in [-0.2, -0.15) is 0 Å². The number of hydrogen-bond acceptors (Lipinski definition) is 0. The first-order chi connectivity index (χ1) is 20.4. The molecule has 0 radical (unpaired) electrons. The molecule has 0 atom stereocenters. The molecule has 0 N–H and O–H groups in total. The summed E-state index contributed by atoms with van der Waals surface area (Å²) < 4.78 is 0. The lowest BCUT2D eigenvalue weighted by Gasteiger charge is -2.30. The molecule has 204 valence electrons. The van der Waals surface area contributed by atoms with Crippen molar-refractivity contribution in [2.24, 2.45) is 0 Å². The van der Waals surface area contributed by atoms with Crippen molar-refractivity contribution in [3.05, 3.63) is 144 Å². The summed E-state index contributed by atoms with van der Waals surface area (Å²) in [6, 6.07) is 45.9. The van der Waals surface area contributed by atoms with Crippen molar-refractivity contribution in [3.63, 3.8) is 0 Å². The van der Waals surface area contributed by atoms with E-state index in [1.807, 2.05) is 0 Å². The molecule has 0 saturated carbocycles. The van der Waals surface area contributed by atoms with E-state index in [4.69, 9.17) is 0 Å². The SMILES string of the molecule is CCC1(CC)c2ccccc2-c2ccc(-c3ccc4c(c3)C(C)(C)c3cc(-c5ccc6ccccc6c5)ccc3-4)cc21. The molecule has 0 amide bonds. The molecule has 0 heterocycles. The summed E-state index contributed by atoms with van der Waals surface area (Å²) in [5.74, 6) is 0. The van der Waals surface area contributed by atoms with Crippen molar-refractivity contribution in [1.29, 1.82) is 0 Å². The maximum atomic E-state index is 2.50. The second-order valence-corrected chi connectivity index (χ2v) is 12.8. The molecule has 0 bridgehead atoms. The lowest BCUT2D eigenvalue weighted by molar-refractivity contribution is 0.490. The van der Waals surface area contributed by atoms with Gasteiger partial charge in [0.25, 0.3) is 0 Å². The van der Waals surface area contributed by atoms with Gasteiger partial charge in [-0.25, -0.2) is 0 Å². The molecule has 0 fully saturated rings. The highest BCUT2D eigenvalue weighted by Crippen LogP contribution is 2.54. The van der Waals surface area contributed by atoms with Gasteiger partial charge in [-0.3, -0.25) is 0 Å². The van der Waals surface area contributed by atoms with Crippen LogP contribution in [-0.4, -0.2) is 0 Å². The van der Waals surface area contributed by atoms with Gasteiger partial charge in [0.05, 0.1) is 0 Å². The Bertz CT molecular complexity index is 2030. The maximum absolute atomic E-state index is 2.50. The van der Waals surface area contributed by atoms with E-state index in [0.717, 1.165) is 12.8 Å². The third kappa shape index (κ3) is 3.42. The fourth-order valence-electron chi connectivity index (χ4n) is 8.11. The maximum Gasteiger partial charge on any atom is 0.0210 e.